The maximum atomic E-state index is 11.5. The highest BCUT2D eigenvalue weighted by Gasteiger charge is 2.24. The summed E-state index contributed by atoms with van der Waals surface area (Å²) in [6.45, 7) is 6.37. The van der Waals surface area contributed by atoms with Crippen LogP contribution in [0.15, 0.2) is 11.6 Å². The van der Waals surface area contributed by atoms with Crippen molar-refractivity contribution in [2.45, 2.75) is 52.9 Å². The van der Waals surface area contributed by atoms with Crippen molar-refractivity contribution in [3.05, 3.63) is 16.5 Å². The molecule has 0 fully saturated rings. The fourth-order valence-electron chi connectivity index (χ4n) is 1.63. The molecule has 0 unspecified atom stereocenters. The van der Waals surface area contributed by atoms with Crippen LogP contribution in [-0.4, -0.2) is 19.6 Å². The van der Waals surface area contributed by atoms with Crippen molar-refractivity contribution in [1.29, 1.82) is 0 Å². The van der Waals surface area contributed by atoms with E-state index in [9.17, 15) is 22.1 Å². The fraction of sp³-hybridized carbons (Fsp3) is 0.714. The SMILES string of the molecule is CC(C)(C)C(=O)C#[N+]CCC1=CCCCC1.F[B-](F)(F)F. The van der Waals surface area contributed by atoms with Crippen molar-refractivity contribution in [1.82, 2.24) is 0 Å². The van der Waals surface area contributed by atoms with E-state index in [2.05, 4.69) is 17.0 Å². The third-order valence-corrected chi connectivity index (χ3v) is 2.79. The third kappa shape index (κ3) is 13.4. The quantitative estimate of drug-likeness (QED) is 0.300. The van der Waals surface area contributed by atoms with Gasteiger partial charge in [-0.2, -0.15) is 0 Å². The fourth-order valence-corrected chi connectivity index (χ4v) is 1.63. The van der Waals surface area contributed by atoms with E-state index in [4.69, 9.17) is 0 Å². The number of ketones is 1. The lowest BCUT2D eigenvalue weighted by Crippen LogP contribution is -2.17. The zero-order chi connectivity index (χ0) is 16.5. The second-order valence-corrected chi connectivity index (χ2v) is 5.93. The second-order valence-electron chi connectivity index (χ2n) is 5.93. The number of carbonyl (C=O) groups is 1. The monoisotopic (exact) mass is 307 g/mol. The highest BCUT2D eigenvalue weighted by molar-refractivity contribution is 6.50. The maximum absolute atomic E-state index is 11.5. The largest absolute Gasteiger partial charge is 0.673 e. The molecule has 0 N–H and O–H groups in total. The molecule has 21 heavy (non-hydrogen) atoms. The second kappa shape index (κ2) is 8.86. The summed E-state index contributed by atoms with van der Waals surface area (Å²) in [5.74, 6) is -0.00914. The topological polar surface area (TPSA) is 21.4 Å². The van der Waals surface area contributed by atoms with E-state index < -0.39 is 7.25 Å². The average molecular weight is 307 g/mol. The first-order chi connectivity index (χ1) is 9.50. The molecule has 0 heterocycles. The summed E-state index contributed by atoms with van der Waals surface area (Å²) in [5.41, 5.74) is 1.15. The molecule has 0 saturated carbocycles. The van der Waals surface area contributed by atoms with Crippen molar-refractivity contribution in [3.8, 4) is 6.07 Å². The molecule has 0 aromatic carbocycles. The van der Waals surface area contributed by atoms with Crippen LogP contribution in [0.25, 0.3) is 4.85 Å². The van der Waals surface area contributed by atoms with Gasteiger partial charge in [-0.05, 0) is 25.7 Å². The first-order valence-corrected chi connectivity index (χ1v) is 7.02. The molecule has 0 spiro atoms. The van der Waals surface area contributed by atoms with Crippen molar-refractivity contribution >= 4 is 13.0 Å². The van der Waals surface area contributed by atoms with E-state index >= 15 is 0 Å². The zero-order valence-corrected chi connectivity index (χ0v) is 12.8. The van der Waals surface area contributed by atoms with Crippen LogP contribution < -0.4 is 0 Å². The average Bonchev–Trinajstić information content (AvgIpc) is 2.32. The van der Waals surface area contributed by atoms with Crippen LogP contribution in [0.2, 0.25) is 0 Å². The van der Waals surface area contributed by atoms with Crippen LogP contribution >= 0.6 is 0 Å². The molecule has 1 rings (SSSR count). The number of carbonyl (C=O) groups excluding carboxylic acids is 1. The predicted molar refractivity (Wildman–Crippen MR) is 77.9 cm³/mol. The van der Waals surface area contributed by atoms with Crippen LogP contribution in [0, 0.1) is 11.5 Å². The Morgan fingerprint density at radius 3 is 2.29 bits per heavy atom. The van der Waals surface area contributed by atoms with E-state index in [1.165, 1.54) is 31.3 Å². The molecular weight excluding hydrogens is 285 g/mol. The standard InChI is InChI=1S/C14H22NO.BF4/c1-14(2,3)13(16)11-15-10-9-12-7-5-4-6-8-12;2-1(3,4)5/h7H,4-6,8-10H2,1-3H3;/q+1;-1. The van der Waals surface area contributed by atoms with Gasteiger partial charge >= 0.3 is 13.3 Å². The van der Waals surface area contributed by atoms with E-state index in [0.717, 1.165) is 6.42 Å². The Balaban J connectivity index is 0.000000690. The summed E-state index contributed by atoms with van der Waals surface area (Å²) in [4.78, 5) is 15.6. The van der Waals surface area contributed by atoms with Gasteiger partial charge in [-0.3, -0.25) is 4.79 Å². The molecule has 0 aromatic rings. The summed E-state index contributed by atoms with van der Waals surface area (Å²) in [6, 6.07) is 2.62. The van der Waals surface area contributed by atoms with Gasteiger partial charge in [-0.15, -0.1) is 0 Å². The number of halogens is 4. The number of nitrogens with zero attached hydrogens (tertiary/aromatic N) is 1. The molecule has 0 aliphatic heterocycles. The van der Waals surface area contributed by atoms with Gasteiger partial charge in [-0.25, -0.2) is 0 Å². The lowest BCUT2D eigenvalue weighted by molar-refractivity contribution is -0.120. The Bertz CT molecular complexity index is 421. The highest BCUT2D eigenvalue weighted by Crippen LogP contribution is 2.20. The van der Waals surface area contributed by atoms with Gasteiger partial charge in [0.1, 0.15) is 0 Å². The molecule has 120 valence electrons. The molecule has 1 aliphatic rings. The zero-order valence-electron chi connectivity index (χ0n) is 12.8. The minimum atomic E-state index is -6.00. The van der Waals surface area contributed by atoms with Gasteiger partial charge < -0.3 is 17.3 Å². The number of hydrogen-bond acceptors (Lipinski definition) is 1. The minimum absolute atomic E-state index is 0.00914. The number of allylic oxidation sites excluding steroid dienone is 1. The van der Waals surface area contributed by atoms with Gasteiger partial charge in [0.05, 0.1) is 0 Å². The first-order valence-electron chi connectivity index (χ1n) is 7.02. The molecule has 7 heteroatoms. The molecule has 0 atom stereocenters. The summed E-state index contributed by atoms with van der Waals surface area (Å²) < 4.78 is 39.0. The lowest BCUT2D eigenvalue weighted by Gasteiger charge is -2.08. The predicted octanol–water partition coefficient (Wildman–Crippen LogP) is 5.13. The van der Waals surface area contributed by atoms with E-state index in [-0.39, 0.29) is 11.2 Å². The van der Waals surface area contributed by atoms with Crippen molar-refractivity contribution in [2.24, 2.45) is 5.41 Å². The van der Waals surface area contributed by atoms with Crippen LogP contribution in [0.4, 0.5) is 17.3 Å². The van der Waals surface area contributed by atoms with E-state index in [1.54, 1.807) is 0 Å². The minimum Gasteiger partial charge on any atom is -0.418 e. The van der Waals surface area contributed by atoms with Crippen molar-refractivity contribution in [3.63, 3.8) is 0 Å². The molecule has 2 nitrogen and oxygen atoms in total. The van der Waals surface area contributed by atoms with E-state index in [0.29, 0.717) is 6.54 Å². The number of Topliss-reactive ketones (excluding diaryl/α,β-unsaturated/α-hetero) is 1. The van der Waals surface area contributed by atoms with Gasteiger partial charge in [-0.1, -0.05) is 37.3 Å². The summed E-state index contributed by atoms with van der Waals surface area (Å²) >= 11 is 0. The van der Waals surface area contributed by atoms with Gasteiger partial charge in [0.25, 0.3) is 12.3 Å². The Kier molecular flexibility index (Phi) is 8.30. The lowest BCUT2D eigenvalue weighted by atomic mass is 9.92. The van der Waals surface area contributed by atoms with Crippen LogP contribution in [0.1, 0.15) is 52.9 Å². The Morgan fingerprint density at radius 2 is 1.86 bits per heavy atom. The summed E-state index contributed by atoms with van der Waals surface area (Å²) in [5, 5.41) is 0. The molecular formula is C14H22BF4NO. The van der Waals surface area contributed by atoms with Crippen molar-refractivity contribution in [2.75, 3.05) is 6.54 Å². The smallest absolute Gasteiger partial charge is 0.418 e. The van der Waals surface area contributed by atoms with Crippen LogP contribution in [0.5, 0.6) is 0 Å². The summed E-state index contributed by atoms with van der Waals surface area (Å²) in [7, 11) is -6.00. The number of hydrogen-bond donors (Lipinski definition) is 0. The Labute approximate surface area is 123 Å². The molecule has 0 radical (unpaired) electrons. The molecule has 1 aliphatic carbocycles. The molecule has 0 amide bonds. The third-order valence-electron chi connectivity index (χ3n) is 2.79. The van der Waals surface area contributed by atoms with Gasteiger partial charge in [0.2, 0.25) is 0 Å². The molecule has 0 aromatic heterocycles. The summed E-state index contributed by atoms with van der Waals surface area (Å²) in [6.07, 6.45) is 8.36. The van der Waals surface area contributed by atoms with Crippen LogP contribution in [0.3, 0.4) is 0 Å². The Morgan fingerprint density at radius 1 is 1.29 bits per heavy atom. The normalized spacial score (nSPS) is 15.1. The maximum Gasteiger partial charge on any atom is 0.673 e. The Hall–Kier alpha value is -1.32. The number of rotatable bonds is 2. The van der Waals surface area contributed by atoms with Crippen molar-refractivity contribution < 1.29 is 22.1 Å². The highest BCUT2D eigenvalue weighted by atomic mass is 19.5. The van der Waals surface area contributed by atoms with E-state index in [1.807, 2.05) is 20.8 Å². The van der Waals surface area contributed by atoms with Crippen LogP contribution in [-0.2, 0) is 4.79 Å². The van der Waals surface area contributed by atoms with Gasteiger partial charge in [0.15, 0.2) is 0 Å². The molecule has 0 saturated heterocycles. The van der Waals surface area contributed by atoms with Gasteiger partial charge in [0, 0.05) is 11.8 Å². The first kappa shape index (κ1) is 19.7. The molecule has 0 bridgehead atoms.